The first-order chi connectivity index (χ1) is 8.65. The lowest BCUT2D eigenvalue weighted by Crippen LogP contribution is -2.18. The summed E-state index contributed by atoms with van der Waals surface area (Å²) in [4.78, 5) is 7.81. The first-order valence-electron chi connectivity index (χ1n) is 6.33. The highest BCUT2D eigenvalue weighted by molar-refractivity contribution is 7.71. The fraction of sp³-hybridized carbons (Fsp3) is 0.538. The Morgan fingerprint density at radius 1 is 1.56 bits per heavy atom. The van der Waals surface area contributed by atoms with Gasteiger partial charge in [0.25, 0.3) is 0 Å². The Labute approximate surface area is 111 Å². The monoisotopic (exact) mass is 263 g/mol. The molecule has 1 aliphatic heterocycles. The number of rotatable bonds is 2. The summed E-state index contributed by atoms with van der Waals surface area (Å²) in [5.74, 6) is 0.526. The third-order valence-corrected chi connectivity index (χ3v) is 4.03. The molecule has 0 radical (unpaired) electrons. The highest BCUT2D eigenvalue weighted by Crippen LogP contribution is 2.24. The van der Waals surface area contributed by atoms with Crippen LogP contribution in [0.1, 0.15) is 19.0 Å². The molecule has 0 spiro atoms. The molecule has 3 heterocycles. The average molecular weight is 263 g/mol. The molecule has 2 aromatic heterocycles. The number of aromatic nitrogens is 3. The zero-order valence-electron chi connectivity index (χ0n) is 10.6. The second-order valence-electron chi connectivity index (χ2n) is 4.99. The fourth-order valence-corrected chi connectivity index (χ4v) is 2.82. The largest absolute Gasteiger partial charge is 0.378 e. The first kappa shape index (κ1) is 11.9. The van der Waals surface area contributed by atoms with E-state index in [1.807, 2.05) is 19.1 Å². The van der Waals surface area contributed by atoms with E-state index in [1.54, 1.807) is 0 Å². The Kier molecular flexibility index (Phi) is 2.95. The number of pyridine rings is 1. The van der Waals surface area contributed by atoms with Gasteiger partial charge in [0.15, 0.2) is 10.4 Å². The molecule has 0 bridgehead atoms. The van der Waals surface area contributed by atoms with E-state index in [0.717, 1.165) is 41.2 Å². The van der Waals surface area contributed by atoms with Crippen LogP contribution in [0.25, 0.3) is 11.2 Å². The first-order valence-corrected chi connectivity index (χ1v) is 6.74. The van der Waals surface area contributed by atoms with Crippen molar-refractivity contribution in [3.05, 3.63) is 22.6 Å². The predicted octanol–water partition coefficient (Wildman–Crippen LogP) is 2.83. The number of imidazole rings is 1. The lowest BCUT2D eigenvalue weighted by Gasteiger charge is -2.14. The van der Waals surface area contributed by atoms with Gasteiger partial charge in [-0.15, -0.1) is 0 Å². The summed E-state index contributed by atoms with van der Waals surface area (Å²) in [6, 6.07) is 4.04. The number of ether oxygens (including phenoxy) is 1. The van der Waals surface area contributed by atoms with Crippen molar-refractivity contribution < 1.29 is 4.74 Å². The summed E-state index contributed by atoms with van der Waals surface area (Å²) >= 11 is 5.40. The molecule has 4 nitrogen and oxygen atoms in total. The molecule has 0 saturated carbocycles. The number of nitrogens with one attached hydrogen (secondary N) is 1. The van der Waals surface area contributed by atoms with Crippen LogP contribution in [0.2, 0.25) is 0 Å². The Bertz CT molecular complexity index is 631. The van der Waals surface area contributed by atoms with Gasteiger partial charge in [0.2, 0.25) is 0 Å². The summed E-state index contributed by atoms with van der Waals surface area (Å²) in [5, 5.41) is 0. The van der Waals surface area contributed by atoms with Crippen LogP contribution in [0.3, 0.4) is 0 Å². The Morgan fingerprint density at radius 2 is 2.39 bits per heavy atom. The predicted molar refractivity (Wildman–Crippen MR) is 73.2 cm³/mol. The lowest BCUT2D eigenvalue weighted by molar-refractivity contribution is 0.102. The van der Waals surface area contributed by atoms with Crippen LogP contribution < -0.4 is 0 Å². The summed E-state index contributed by atoms with van der Waals surface area (Å²) in [6.45, 7) is 5.88. The van der Waals surface area contributed by atoms with E-state index in [0.29, 0.717) is 12.0 Å². The van der Waals surface area contributed by atoms with Gasteiger partial charge in [0.05, 0.1) is 11.6 Å². The summed E-state index contributed by atoms with van der Waals surface area (Å²) in [7, 11) is 0. The number of hydrogen-bond donors (Lipinski definition) is 1. The SMILES string of the molecule is Cc1ccc2[nH]c(=S)n(CC3CCOC3C)c2n1. The molecule has 0 amide bonds. The molecule has 1 aliphatic rings. The molecule has 2 atom stereocenters. The smallest absolute Gasteiger partial charge is 0.179 e. The van der Waals surface area contributed by atoms with Gasteiger partial charge < -0.3 is 14.3 Å². The molecule has 2 aromatic rings. The van der Waals surface area contributed by atoms with Crippen molar-refractivity contribution in [2.45, 2.75) is 32.9 Å². The van der Waals surface area contributed by atoms with Crippen molar-refractivity contribution in [2.75, 3.05) is 6.61 Å². The van der Waals surface area contributed by atoms with Gasteiger partial charge in [-0.3, -0.25) is 0 Å². The van der Waals surface area contributed by atoms with Gasteiger partial charge in [0.1, 0.15) is 0 Å². The Balaban J connectivity index is 2.02. The molecule has 1 N–H and O–H groups in total. The summed E-state index contributed by atoms with van der Waals surface area (Å²) in [6.07, 6.45) is 1.41. The number of hydrogen-bond acceptors (Lipinski definition) is 3. The van der Waals surface area contributed by atoms with E-state index in [9.17, 15) is 0 Å². The van der Waals surface area contributed by atoms with Crippen molar-refractivity contribution in [1.82, 2.24) is 14.5 Å². The standard InChI is InChI=1S/C13H17N3OS/c1-8-3-4-11-12(14-8)16(13(18)15-11)7-10-5-6-17-9(10)2/h3-4,9-10H,5-7H2,1-2H3,(H,15,18). The third kappa shape index (κ3) is 1.97. The lowest BCUT2D eigenvalue weighted by atomic mass is 10.0. The van der Waals surface area contributed by atoms with Gasteiger partial charge >= 0.3 is 0 Å². The molecule has 1 saturated heterocycles. The highest BCUT2D eigenvalue weighted by atomic mass is 32.1. The van der Waals surface area contributed by atoms with Crippen molar-refractivity contribution in [3.63, 3.8) is 0 Å². The quantitative estimate of drug-likeness (QED) is 0.847. The van der Waals surface area contributed by atoms with Crippen LogP contribution >= 0.6 is 12.2 Å². The van der Waals surface area contributed by atoms with E-state index in [4.69, 9.17) is 17.0 Å². The zero-order valence-corrected chi connectivity index (χ0v) is 11.5. The fourth-order valence-electron chi connectivity index (χ4n) is 2.54. The van der Waals surface area contributed by atoms with Gasteiger partial charge in [-0.1, -0.05) is 0 Å². The van der Waals surface area contributed by atoms with Gasteiger partial charge in [-0.25, -0.2) is 4.98 Å². The van der Waals surface area contributed by atoms with Crippen LogP contribution in [0.5, 0.6) is 0 Å². The van der Waals surface area contributed by atoms with Gasteiger partial charge in [0, 0.05) is 24.8 Å². The molecule has 96 valence electrons. The van der Waals surface area contributed by atoms with E-state index in [-0.39, 0.29) is 0 Å². The Morgan fingerprint density at radius 3 is 3.11 bits per heavy atom. The molecule has 3 rings (SSSR count). The van der Waals surface area contributed by atoms with Crippen LogP contribution in [0.15, 0.2) is 12.1 Å². The van der Waals surface area contributed by atoms with Crippen LogP contribution in [-0.2, 0) is 11.3 Å². The Hall–Kier alpha value is -1.20. The van der Waals surface area contributed by atoms with Crippen molar-refractivity contribution in [2.24, 2.45) is 5.92 Å². The number of fused-ring (bicyclic) bond motifs is 1. The summed E-state index contributed by atoms with van der Waals surface area (Å²) in [5.41, 5.74) is 2.98. The van der Waals surface area contributed by atoms with E-state index in [2.05, 4.69) is 21.5 Å². The molecule has 5 heteroatoms. The van der Waals surface area contributed by atoms with Gasteiger partial charge in [-0.2, -0.15) is 0 Å². The number of aryl methyl sites for hydroxylation is 1. The van der Waals surface area contributed by atoms with Crippen LogP contribution in [-0.4, -0.2) is 27.2 Å². The third-order valence-electron chi connectivity index (χ3n) is 3.71. The minimum atomic E-state index is 0.307. The number of H-pyrrole nitrogens is 1. The zero-order chi connectivity index (χ0) is 12.7. The van der Waals surface area contributed by atoms with Crippen molar-refractivity contribution in [1.29, 1.82) is 0 Å². The topological polar surface area (TPSA) is 42.8 Å². The minimum Gasteiger partial charge on any atom is -0.378 e. The minimum absolute atomic E-state index is 0.307. The average Bonchev–Trinajstić information content (AvgIpc) is 2.86. The maximum absolute atomic E-state index is 5.61. The van der Waals surface area contributed by atoms with E-state index >= 15 is 0 Å². The molecule has 0 aliphatic carbocycles. The maximum atomic E-state index is 5.61. The van der Waals surface area contributed by atoms with Crippen LogP contribution in [0, 0.1) is 17.6 Å². The molecular formula is C13H17N3OS. The number of nitrogens with zero attached hydrogens (tertiary/aromatic N) is 2. The maximum Gasteiger partial charge on any atom is 0.179 e. The van der Waals surface area contributed by atoms with Crippen molar-refractivity contribution >= 4 is 23.4 Å². The van der Waals surface area contributed by atoms with Crippen molar-refractivity contribution in [3.8, 4) is 0 Å². The molecule has 18 heavy (non-hydrogen) atoms. The van der Waals surface area contributed by atoms with E-state index in [1.165, 1.54) is 0 Å². The normalized spacial score (nSPS) is 23.9. The van der Waals surface area contributed by atoms with Gasteiger partial charge in [-0.05, 0) is 44.6 Å². The second-order valence-corrected chi connectivity index (χ2v) is 5.38. The molecule has 2 unspecified atom stereocenters. The molecule has 1 fully saturated rings. The number of aromatic amines is 1. The van der Waals surface area contributed by atoms with Crippen LogP contribution in [0.4, 0.5) is 0 Å². The summed E-state index contributed by atoms with van der Waals surface area (Å²) < 4.78 is 8.47. The highest BCUT2D eigenvalue weighted by Gasteiger charge is 2.25. The molecule has 0 aromatic carbocycles. The second kappa shape index (κ2) is 4.48. The van der Waals surface area contributed by atoms with E-state index < -0.39 is 0 Å². The molecular weight excluding hydrogens is 246 g/mol.